The van der Waals surface area contributed by atoms with E-state index < -0.39 is 5.92 Å². The van der Waals surface area contributed by atoms with Gasteiger partial charge in [-0.25, -0.2) is 0 Å². The van der Waals surface area contributed by atoms with Gasteiger partial charge >= 0.3 is 0 Å². The van der Waals surface area contributed by atoms with E-state index in [1.807, 2.05) is 6.07 Å². The maximum atomic E-state index is 12.6. The molecule has 0 radical (unpaired) electrons. The summed E-state index contributed by atoms with van der Waals surface area (Å²) < 4.78 is 16.3. The Morgan fingerprint density at radius 3 is 2.78 bits per heavy atom. The van der Waals surface area contributed by atoms with Crippen LogP contribution in [0, 0.1) is 5.92 Å². The number of ether oxygens (including phenoxy) is 3. The fourth-order valence-corrected chi connectivity index (χ4v) is 3.28. The fraction of sp³-hybridized carbons (Fsp3) is 0.300. The largest absolute Gasteiger partial charge is 0.497 e. The molecule has 7 nitrogen and oxygen atoms in total. The average molecular weight is 368 g/mol. The van der Waals surface area contributed by atoms with Crippen molar-refractivity contribution >= 4 is 23.2 Å². The van der Waals surface area contributed by atoms with Gasteiger partial charge in [0.2, 0.25) is 11.8 Å². The third-order valence-corrected chi connectivity index (χ3v) is 4.67. The topological polar surface area (TPSA) is 77.1 Å². The standard InChI is InChI=1S/C20H20N2O5/c1-25-16-4-2-3-14(10-16)21-20(24)13-9-19(23)22(12-13)15-5-6-17-18(11-15)27-8-7-26-17/h2-6,10-11,13H,7-9,12H2,1H3,(H,21,24)/t13-/m0/s1. The van der Waals surface area contributed by atoms with Crippen LogP contribution in [0.4, 0.5) is 11.4 Å². The normalized spacial score (nSPS) is 18.3. The van der Waals surface area contributed by atoms with Gasteiger partial charge in [-0.2, -0.15) is 0 Å². The number of anilines is 2. The van der Waals surface area contributed by atoms with E-state index in [1.165, 1.54) is 0 Å². The smallest absolute Gasteiger partial charge is 0.229 e. The number of carbonyl (C=O) groups excluding carboxylic acids is 2. The first-order valence-corrected chi connectivity index (χ1v) is 8.79. The first-order chi connectivity index (χ1) is 13.1. The molecule has 1 saturated heterocycles. The van der Waals surface area contributed by atoms with Crippen molar-refractivity contribution in [1.82, 2.24) is 0 Å². The van der Waals surface area contributed by atoms with Gasteiger partial charge in [0, 0.05) is 36.5 Å². The van der Waals surface area contributed by atoms with Crippen molar-refractivity contribution in [3.8, 4) is 17.2 Å². The van der Waals surface area contributed by atoms with Gasteiger partial charge in [0.05, 0.1) is 13.0 Å². The fourth-order valence-electron chi connectivity index (χ4n) is 3.28. The molecule has 2 aliphatic heterocycles. The summed E-state index contributed by atoms with van der Waals surface area (Å²) in [5.41, 5.74) is 1.35. The summed E-state index contributed by atoms with van der Waals surface area (Å²) in [7, 11) is 1.57. The van der Waals surface area contributed by atoms with Gasteiger partial charge < -0.3 is 24.4 Å². The van der Waals surface area contributed by atoms with Gasteiger partial charge in [0.1, 0.15) is 19.0 Å². The average Bonchev–Trinajstić information content (AvgIpc) is 3.09. The number of methoxy groups -OCH3 is 1. The molecular formula is C20H20N2O5. The van der Waals surface area contributed by atoms with E-state index in [4.69, 9.17) is 14.2 Å². The highest BCUT2D eigenvalue weighted by atomic mass is 16.6. The van der Waals surface area contributed by atoms with Crippen LogP contribution in [0.5, 0.6) is 17.2 Å². The van der Waals surface area contributed by atoms with Gasteiger partial charge in [-0.3, -0.25) is 9.59 Å². The molecule has 2 aromatic carbocycles. The molecule has 0 spiro atoms. The van der Waals surface area contributed by atoms with Crippen molar-refractivity contribution in [2.75, 3.05) is 37.1 Å². The molecule has 2 heterocycles. The lowest BCUT2D eigenvalue weighted by Gasteiger charge is -2.22. The van der Waals surface area contributed by atoms with E-state index in [2.05, 4.69) is 5.32 Å². The van der Waals surface area contributed by atoms with E-state index in [0.29, 0.717) is 48.4 Å². The van der Waals surface area contributed by atoms with Crippen LogP contribution in [0.1, 0.15) is 6.42 Å². The molecule has 140 valence electrons. The molecule has 0 unspecified atom stereocenters. The molecule has 1 N–H and O–H groups in total. The Labute approximate surface area is 156 Å². The quantitative estimate of drug-likeness (QED) is 0.897. The molecule has 0 aliphatic carbocycles. The Hall–Kier alpha value is -3.22. The summed E-state index contributed by atoms with van der Waals surface area (Å²) in [6.45, 7) is 1.33. The first-order valence-electron chi connectivity index (χ1n) is 8.79. The number of benzene rings is 2. The molecule has 27 heavy (non-hydrogen) atoms. The van der Waals surface area contributed by atoms with E-state index in [-0.39, 0.29) is 18.2 Å². The molecule has 0 bridgehead atoms. The van der Waals surface area contributed by atoms with Gasteiger partial charge in [-0.1, -0.05) is 6.07 Å². The van der Waals surface area contributed by atoms with E-state index >= 15 is 0 Å². The third kappa shape index (κ3) is 3.53. The number of hydrogen-bond donors (Lipinski definition) is 1. The first kappa shape index (κ1) is 17.2. The van der Waals surface area contributed by atoms with Crippen LogP contribution in [0.15, 0.2) is 42.5 Å². The molecule has 0 aromatic heterocycles. The van der Waals surface area contributed by atoms with Crippen molar-refractivity contribution in [3.05, 3.63) is 42.5 Å². The highest BCUT2D eigenvalue weighted by Gasteiger charge is 2.35. The zero-order chi connectivity index (χ0) is 18.8. The Morgan fingerprint density at radius 2 is 1.96 bits per heavy atom. The zero-order valence-corrected chi connectivity index (χ0v) is 14.9. The van der Waals surface area contributed by atoms with Crippen LogP contribution in [-0.2, 0) is 9.59 Å². The lowest BCUT2D eigenvalue weighted by molar-refractivity contribution is -0.122. The van der Waals surface area contributed by atoms with Gasteiger partial charge in [-0.15, -0.1) is 0 Å². The number of nitrogens with one attached hydrogen (secondary N) is 1. The maximum Gasteiger partial charge on any atom is 0.229 e. The van der Waals surface area contributed by atoms with Crippen molar-refractivity contribution in [2.45, 2.75) is 6.42 Å². The monoisotopic (exact) mass is 368 g/mol. The maximum absolute atomic E-state index is 12.6. The SMILES string of the molecule is COc1cccc(NC(=O)[C@H]2CC(=O)N(c3ccc4c(c3)OCCO4)C2)c1. The van der Waals surface area contributed by atoms with Crippen LogP contribution in [-0.4, -0.2) is 38.7 Å². The van der Waals surface area contributed by atoms with Crippen molar-refractivity contribution in [1.29, 1.82) is 0 Å². The van der Waals surface area contributed by atoms with Gasteiger partial charge in [0.25, 0.3) is 0 Å². The van der Waals surface area contributed by atoms with Crippen LogP contribution in [0.25, 0.3) is 0 Å². The molecule has 2 aromatic rings. The van der Waals surface area contributed by atoms with Crippen molar-refractivity contribution < 1.29 is 23.8 Å². The predicted octanol–water partition coefficient (Wildman–Crippen LogP) is 2.46. The second-order valence-electron chi connectivity index (χ2n) is 6.45. The molecule has 2 aliphatic rings. The predicted molar refractivity (Wildman–Crippen MR) is 99.5 cm³/mol. The second kappa shape index (κ2) is 7.19. The van der Waals surface area contributed by atoms with E-state index in [0.717, 1.165) is 0 Å². The van der Waals surface area contributed by atoms with Crippen LogP contribution < -0.4 is 24.4 Å². The van der Waals surface area contributed by atoms with Gasteiger partial charge in [-0.05, 0) is 24.3 Å². The van der Waals surface area contributed by atoms with Crippen molar-refractivity contribution in [3.63, 3.8) is 0 Å². The molecule has 0 saturated carbocycles. The highest BCUT2D eigenvalue weighted by Crippen LogP contribution is 2.36. The molecule has 2 amide bonds. The number of hydrogen-bond acceptors (Lipinski definition) is 5. The molecule has 1 atom stereocenters. The minimum Gasteiger partial charge on any atom is -0.497 e. The number of nitrogens with zero attached hydrogens (tertiary/aromatic N) is 1. The molecule has 4 rings (SSSR count). The Kier molecular flexibility index (Phi) is 4.58. The number of fused-ring (bicyclic) bond motifs is 1. The van der Waals surface area contributed by atoms with E-state index in [1.54, 1.807) is 48.4 Å². The van der Waals surface area contributed by atoms with Crippen LogP contribution in [0.3, 0.4) is 0 Å². The van der Waals surface area contributed by atoms with E-state index in [9.17, 15) is 9.59 Å². The number of rotatable bonds is 4. The minimum atomic E-state index is -0.420. The Morgan fingerprint density at radius 1 is 1.15 bits per heavy atom. The summed E-state index contributed by atoms with van der Waals surface area (Å²) in [5, 5.41) is 2.86. The molecular weight excluding hydrogens is 348 g/mol. The molecule has 1 fully saturated rings. The molecule has 7 heteroatoms. The number of carbonyl (C=O) groups is 2. The Bertz CT molecular complexity index is 882. The summed E-state index contributed by atoms with van der Waals surface area (Å²) in [6, 6.07) is 12.5. The summed E-state index contributed by atoms with van der Waals surface area (Å²) in [4.78, 5) is 26.7. The summed E-state index contributed by atoms with van der Waals surface area (Å²) in [6.07, 6.45) is 0.171. The van der Waals surface area contributed by atoms with Gasteiger partial charge in [0.15, 0.2) is 11.5 Å². The lowest BCUT2D eigenvalue weighted by atomic mass is 10.1. The summed E-state index contributed by atoms with van der Waals surface area (Å²) >= 11 is 0. The highest BCUT2D eigenvalue weighted by molar-refractivity contribution is 6.03. The number of amides is 2. The Balaban J connectivity index is 1.46. The third-order valence-electron chi connectivity index (χ3n) is 4.67. The van der Waals surface area contributed by atoms with Crippen LogP contribution >= 0.6 is 0 Å². The van der Waals surface area contributed by atoms with Crippen LogP contribution in [0.2, 0.25) is 0 Å². The zero-order valence-electron chi connectivity index (χ0n) is 14.9. The lowest BCUT2D eigenvalue weighted by Crippen LogP contribution is -2.28. The summed E-state index contributed by atoms with van der Waals surface area (Å²) in [5.74, 6) is 1.26. The minimum absolute atomic E-state index is 0.0857. The second-order valence-corrected chi connectivity index (χ2v) is 6.45. The van der Waals surface area contributed by atoms with Crippen molar-refractivity contribution in [2.24, 2.45) is 5.92 Å².